The molecule has 0 aliphatic heterocycles. The van der Waals surface area contributed by atoms with E-state index < -0.39 is 0 Å². The molecule has 0 N–H and O–H groups in total. The van der Waals surface area contributed by atoms with Gasteiger partial charge in [0, 0.05) is 6.61 Å². The minimum Gasteiger partial charge on any atom is -0.378 e. The molecule has 0 aromatic rings. The molecule has 1 saturated carbocycles. The lowest BCUT2D eigenvalue weighted by Gasteiger charge is -2.15. The van der Waals surface area contributed by atoms with Crippen molar-refractivity contribution in [3.63, 3.8) is 0 Å². The number of hydrogen-bond acceptors (Lipinski definition) is 2. The van der Waals surface area contributed by atoms with Gasteiger partial charge in [-0.05, 0) is 40.0 Å². The molecule has 1 rings (SSSR count). The third-order valence-corrected chi connectivity index (χ3v) is 2.20. The normalized spacial score (nSPS) is 30.0. The van der Waals surface area contributed by atoms with E-state index in [4.69, 9.17) is 9.47 Å². The third-order valence-electron chi connectivity index (χ3n) is 2.20. The number of rotatable bonds is 4. The Morgan fingerprint density at radius 1 is 1.25 bits per heavy atom. The number of hydrogen-bond donors (Lipinski definition) is 0. The maximum Gasteiger partial charge on any atom is 0.0604 e. The first-order chi connectivity index (χ1) is 5.72. The summed E-state index contributed by atoms with van der Waals surface area (Å²) in [5, 5.41) is 0. The largest absolute Gasteiger partial charge is 0.378 e. The minimum atomic E-state index is 0.357. The summed E-state index contributed by atoms with van der Waals surface area (Å²) in [4.78, 5) is 0. The molecule has 0 spiro atoms. The van der Waals surface area contributed by atoms with Gasteiger partial charge in [0.15, 0.2) is 0 Å². The molecule has 0 radical (unpaired) electrons. The van der Waals surface area contributed by atoms with Crippen LogP contribution in [0, 0.1) is 0 Å². The van der Waals surface area contributed by atoms with Crippen LogP contribution in [0.25, 0.3) is 0 Å². The monoisotopic (exact) mass is 172 g/mol. The summed E-state index contributed by atoms with van der Waals surface area (Å²) in [5.41, 5.74) is 0. The Balaban J connectivity index is 2.16. The number of ether oxygens (including phenoxy) is 2. The smallest absolute Gasteiger partial charge is 0.0604 e. The summed E-state index contributed by atoms with van der Waals surface area (Å²) in [6, 6.07) is 0. The Morgan fingerprint density at radius 2 is 1.92 bits per heavy atom. The van der Waals surface area contributed by atoms with Crippen LogP contribution in [0.15, 0.2) is 0 Å². The highest BCUT2D eigenvalue weighted by Gasteiger charge is 2.25. The summed E-state index contributed by atoms with van der Waals surface area (Å²) in [5.74, 6) is 0. The average Bonchev–Trinajstić information content (AvgIpc) is 2.36. The first-order valence-electron chi connectivity index (χ1n) is 4.99. The van der Waals surface area contributed by atoms with Crippen LogP contribution >= 0.6 is 0 Å². The predicted molar refractivity (Wildman–Crippen MR) is 49.3 cm³/mol. The molecular formula is C10H20O2. The maximum absolute atomic E-state index is 5.71. The average molecular weight is 172 g/mol. The van der Waals surface area contributed by atoms with Crippen molar-refractivity contribution in [3.05, 3.63) is 0 Å². The second-order valence-electron chi connectivity index (χ2n) is 3.70. The SMILES string of the molecule is CCOC1CCC(OC(C)C)C1. The molecule has 2 atom stereocenters. The third kappa shape index (κ3) is 3.11. The zero-order valence-electron chi connectivity index (χ0n) is 8.38. The quantitative estimate of drug-likeness (QED) is 0.648. The van der Waals surface area contributed by atoms with Crippen molar-refractivity contribution < 1.29 is 9.47 Å². The standard InChI is InChI=1S/C10H20O2/c1-4-11-9-5-6-10(7-9)12-8(2)3/h8-10H,4-7H2,1-3H3. The van der Waals surface area contributed by atoms with Gasteiger partial charge in [0.25, 0.3) is 0 Å². The molecule has 1 aliphatic rings. The van der Waals surface area contributed by atoms with Crippen LogP contribution in [0.1, 0.15) is 40.0 Å². The first kappa shape index (κ1) is 10.0. The molecule has 0 heterocycles. The molecule has 0 aromatic heterocycles. The van der Waals surface area contributed by atoms with Gasteiger partial charge in [-0.25, -0.2) is 0 Å². The van der Waals surface area contributed by atoms with Crippen LogP contribution in [-0.2, 0) is 9.47 Å². The Kier molecular flexibility index (Phi) is 4.02. The van der Waals surface area contributed by atoms with Gasteiger partial charge in [0.1, 0.15) is 0 Å². The topological polar surface area (TPSA) is 18.5 Å². The fraction of sp³-hybridized carbons (Fsp3) is 1.00. The van der Waals surface area contributed by atoms with Crippen LogP contribution in [-0.4, -0.2) is 24.9 Å². The molecule has 1 aliphatic carbocycles. The van der Waals surface area contributed by atoms with Gasteiger partial charge in [-0.3, -0.25) is 0 Å². The van der Waals surface area contributed by atoms with E-state index in [1.807, 2.05) is 0 Å². The van der Waals surface area contributed by atoms with E-state index >= 15 is 0 Å². The Bertz CT molecular complexity index is 123. The second-order valence-corrected chi connectivity index (χ2v) is 3.70. The lowest BCUT2D eigenvalue weighted by molar-refractivity contribution is -0.00377. The Hall–Kier alpha value is -0.0800. The van der Waals surface area contributed by atoms with Gasteiger partial charge in [-0.15, -0.1) is 0 Å². The van der Waals surface area contributed by atoms with Crippen LogP contribution < -0.4 is 0 Å². The molecule has 12 heavy (non-hydrogen) atoms. The fourth-order valence-electron chi connectivity index (χ4n) is 1.80. The van der Waals surface area contributed by atoms with Crippen molar-refractivity contribution in [1.29, 1.82) is 0 Å². The van der Waals surface area contributed by atoms with Gasteiger partial charge in [0.05, 0.1) is 18.3 Å². The lowest BCUT2D eigenvalue weighted by atomic mass is 10.3. The summed E-state index contributed by atoms with van der Waals surface area (Å²) in [6.45, 7) is 7.07. The van der Waals surface area contributed by atoms with E-state index in [-0.39, 0.29) is 0 Å². The van der Waals surface area contributed by atoms with E-state index in [1.165, 1.54) is 12.8 Å². The van der Waals surface area contributed by atoms with Crippen molar-refractivity contribution in [2.24, 2.45) is 0 Å². The van der Waals surface area contributed by atoms with Crippen molar-refractivity contribution >= 4 is 0 Å². The zero-order valence-corrected chi connectivity index (χ0v) is 8.38. The molecule has 2 nitrogen and oxygen atoms in total. The molecule has 0 aromatic carbocycles. The van der Waals surface area contributed by atoms with Crippen molar-refractivity contribution in [2.75, 3.05) is 6.61 Å². The zero-order chi connectivity index (χ0) is 8.97. The summed E-state index contributed by atoms with van der Waals surface area (Å²) >= 11 is 0. The van der Waals surface area contributed by atoms with Gasteiger partial charge in [0.2, 0.25) is 0 Å². The van der Waals surface area contributed by atoms with Crippen LogP contribution in [0.5, 0.6) is 0 Å². The van der Waals surface area contributed by atoms with E-state index in [0.29, 0.717) is 18.3 Å². The van der Waals surface area contributed by atoms with Crippen LogP contribution in [0.4, 0.5) is 0 Å². The molecule has 0 bridgehead atoms. The molecule has 72 valence electrons. The van der Waals surface area contributed by atoms with Gasteiger partial charge in [-0.1, -0.05) is 0 Å². The maximum atomic E-state index is 5.71. The second kappa shape index (κ2) is 4.83. The first-order valence-corrected chi connectivity index (χ1v) is 4.99. The minimum absolute atomic E-state index is 0.357. The molecule has 2 heteroatoms. The molecular weight excluding hydrogens is 152 g/mol. The van der Waals surface area contributed by atoms with E-state index in [1.54, 1.807) is 0 Å². The van der Waals surface area contributed by atoms with Gasteiger partial charge >= 0.3 is 0 Å². The van der Waals surface area contributed by atoms with Crippen molar-refractivity contribution in [2.45, 2.75) is 58.3 Å². The van der Waals surface area contributed by atoms with Crippen LogP contribution in [0.3, 0.4) is 0 Å². The van der Waals surface area contributed by atoms with Gasteiger partial charge < -0.3 is 9.47 Å². The molecule has 2 unspecified atom stereocenters. The summed E-state index contributed by atoms with van der Waals surface area (Å²) < 4.78 is 11.2. The lowest BCUT2D eigenvalue weighted by Crippen LogP contribution is -2.16. The highest BCUT2D eigenvalue weighted by atomic mass is 16.5. The van der Waals surface area contributed by atoms with Crippen molar-refractivity contribution in [1.82, 2.24) is 0 Å². The summed E-state index contributed by atoms with van der Waals surface area (Å²) in [7, 11) is 0. The molecule has 0 saturated heterocycles. The van der Waals surface area contributed by atoms with E-state index in [9.17, 15) is 0 Å². The van der Waals surface area contributed by atoms with Gasteiger partial charge in [-0.2, -0.15) is 0 Å². The van der Waals surface area contributed by atoms with Crippen molar-refractivity contribution in [3.8, 4) is 0 Å². The van der Waals surface area contributed by atoms with E-state index in [0.717, 1.165) is 13.0 Å². The molecule has 0 amide bonds. The highest BCUT2D eigenvalue weighted by Crippen LogP contribution is 2.25. The van der Waals surface area contributed by atoms with E-state index in [2.05, 4.69) is 20.8 Å². The Labute approximate surface area is 75.2 Å². The summed E-state index contributed by atoms with van der Waals surface area (Å²) in [6.07, 6.45) is 4.69. The fourth-order valence-corrected chi connectivity index (χ4v) is 1.80. The van der Waals surface area contributed by atoms with Crippen LogP contribution in [0.2, 0.25) is 0 Å². The predicted octanol–water partition coefficient (Wildman–Crippen LogP) is 2.37. The highest BCUT2D eigenvalue weighted by molar-refractivity contribution is 4.76. The Morgan fingerprint density at radius 3 is 2.50 bits per heavy atom. The molecule has 1 fully saturated rings.